The van der Waals surface area contributed by atoms with Crippen LogP contribution in [0.25, 0.3) is 22.0 Å². The highest BCUT2D eigenvalue weighted by atomic mass is 19.1. The highest BCUT2D eigenvalue weighted by molar-refractivity contribution is 5.95. The summed E-state index contributed by atoms with van der Waals surface area (Å²) in [6.07, 6.45) is 0. The summed E-state index contributed by atoms with van der Waals surface area (Å²) < 4.78 is 19.0. The lowest BCUT2D eigenvalue weighted by Crippen LogP contribution is -2.50. The van der Waals surface area contributed by atoms with Gasteiger partial charge < -0.3 is 14.5 Å². The molecular weight excluding hydrogens is 419 g/mol. The van der Waals surface area contributed by atoms with Crippen molar-refractivity contribution in [2.24, 2.45) is 0 Å². The number of aromatic nitrogens is 2. The Hall–Kier alpha value is -4.00. The maximum atomic E-state index is 13.7. The van der Waals surface area contributed by atoms with E-state index < -0.39 is 5.82 Å². The third-order valence-electron chi connectivity index (χ3n) is 5.86. The zero-order valence-electron chi connectivity index (χ0n) is 18.0. The fourth-order valence-electron chi connectivity index (χ4n) is 4.06. The van der Waals surface area contributed by atoms with E-state index in [1.165, 1.54) is 17.5 Å². The molecular formula is C26H23FN4O2. The summed E-state index contributed by atoms with van der Waals surface area (Å²) in [4.78, 5) is 16.3. The van der Waals surface area contributed by atoms with Gasteiger partial charge in [-0.1, -0.05) is 54.6 Å². The molecule has 1 aliphatic heterocycles. The Balaban J connectivity index is 1.20. The summed E-state index contributed by atoms with van der Waals surface area (Å²) in [7, 11) is 0. The van der Waals surface area contributed by atoms with E-state index in [0.717, 1.165) is 22.5 Å². The number of halogens is 1. The molecule has 166 valence electrons. The number of ether oxygens (including phenoxy) is 1. The van der Waals surface area contributed by atoms with Crippen LogP contribution in [0.4, 0.5) is 10.2 Å². The number of carbonyl (C=O) groups is 1. The van der Waals surface area contributed by atoms with Gasteiger partial charge in [-0.25, -0.2) is 4.39 Å². The van der Waals surface area contributed by atoms with Crippen LogP contribution in [0.15, 0.2) is 78.9 Å². The molecule has 0 spiro atoms. The van der Waals surface area contributed by atoms with Gasteiger partial charge in [0.25, 0.3) is 5.91 Å². The molecule has 0 saturated carbocycles. The molecule has 0 N–H and O–H groups in total. The summed E-state index contributed by atoms with van der Waals surface area (Å²) in [6.45, 7) is 2.21. The van der Waals surface area contributed by atoms with Crippen molar-refractivity contribution in [3.05, 3.63) is 84.7 Å². The number of hydrogen-bond acceptors (Lipinski definition) is 5. The molecule has 0 unspecified atom stereocenters. The average molecular weight is 442 g/mol. The van der Waals surface area contributed by atoms with Crippen LogP contribution >= 0.6 is 0 Å². The first-order valence-corrected chi connectivity index (χ1v) is 10.9. The Kier molecular flexibility index (Phi) is 5.85. The van der Waals surface area contributed by atoms with Crippen molar-refractivity contribution in [1.29, 1.82) is 0 Å². The Morgan fingerprint density at radius 3 is 2.39 bits per heavy atom. The molecule has 5 rings (SSSR count). The van der Waals surface area contributed by atoms with Crippen molar-refractivity contribution in [3.8, 4) is 17.0 Å². The number of para-hydroxylation sites is 1. The van der Waals surface area contributed by atoms with Gasteiger partial charge in [0, 0.05) is 31.7 Å². The van der Waals surface area contributed by atoms with Crippen molar-refractivity contribution >= 4 is 22.5 Å². The lowest BCUT2D eigenvalue weighted by molar-refractivity contribution is -0.133. The molecule has 0 atom stereocenters. The van der Waals surface area contributed by atoms with E-state index in [0.29, 0.717) is 26.2 Å². The molecule has 1 saturated heterocycles. The Morgan fingerprint density at radius 1 is 0.848 bits per heavy atom. The monoisotopic (exact) mass is 442 g/mol. The molecule has 0 radical (unpaired) electrons. The molecule has 4 aromatic rings. The number of nitrogens with zero attached hydrogens (tertiary/aromatic N) is 4. The van der Waals surface area contributed by atoms with Gasteiger partial charge in [-0.2, -0.15) is 0 Å². The quantitative estimate of drug-likeness (QED) is 0.465. The topological polar surface area (TPSA) is 58.6 Å². The van der Waals surface area contributed by atoms with Crippen molar-refractivity contribution in [1.82, 2.24) is 15.1 Å². The number of fused-ring (bicyclic) bond motifs is 1. The zero-order chi connectivity index (χ0) is 22.6. The number of hydrogen-bond donors (Lipinski definition) is 0. The molecule has 1 amide bonds. The van der Waals surface area contributed by atoms with Crippen LogP contribution in [0.5, 0.6) is 5.75 Å². The van der Waals surface area contributed by atoms with Crippen molar-refractivity contribution in [3.63, 3.8) is 0 Å². The number of anilines is 1. The van der Waals surface area contributed by atoms with Crippen LogP contribution in [0, 0.1) is 5.82 Å². The summed E-state index contributed by atoms with van der Waals surface area (Å²) in [5.74, 6) is 0.246. The second-order valence-electron chi connectivity index (χ2n) is 7.89. The molecule has 1 fully saturated rings. The van der Waals surface area contributed by atoms with Crippen LogP contribution in [0.1, 0.15) is 0 Å². The standard InChI is InChI=1S/C26H23FN4O2/c27-22-10-3-4-11-24(22)33-18-26(32)31-16-14-30(15-17-31)25-13-12-23(28-29-25)21-9-5-7-19-6-1-2-8-20(19)21/h1-13H,14-18H2. The van der Waals surface area contributed by atoms with Gasteiger partial charge in [0.1, 0.15) is 0 Å². The lowest BCUT2D eigenvalue weighted by atomic mass is 10.0. The molecule has 0 bridgehead atoms. The maximum absolute atomic E-state index is 13.7. The number of carbonyl (C=O) groups excluding carboxylic acids is 1. The molecule has 6 nitrogen and oxygen atoms in total. The van der Waals surface area contributed by atoms with Gasteiger partial charge in [-0.15, -0.1) is 10.2 Å². The average Bonchev–Trinajstić information content (AvgIpc) is 2.88. The highest BCUT2D eigenvalue weighted by Crippen LogP contribution is 2.27. The van der Waals surface area contributed by atoms with Crippen molar-refractivity contribution < 1.29 is 13.9 Å². The predicted octanol–water partition coefficient (Wildman–Crippen LogP) is 4.16. The second-order valence-corrected chi connectivity index (χ2v) is 7.89. The Labute approximate surface area is 191 Å². The Morgan fingerprint density at radius 2 is 1.61 bits per heavy atom. The largest absolute Gasteiger partial charge is 0.481 e. The fraction of sp³-hybridized carbons (Fsp3) is 0.192. The SMILES string of the molecule is O=C(COc1ccccc1F)N1CCN(c2ccc(-c3cccc4ccccc34)nn2)CC1. The minimum atomic E-state index is -0.472. The van der Waals surface area contributed by atoms with Crippen LogP contribution in [-0.2, 0) is 4.79 Å². The van der Waals surface area contributed by atoms with E-state index in [1.54, 1.807) is 17.0 Å². The first kappa shape index (κ1) is 20.9. The fourth-order valence-corrected chi connectivity index (χ4v) is 4.06. The smallest absolute Gasteiger partial charge is 0.260 e. The van der Waals surface area contributed by atoms with E-state index in [9.17, 15) is 9.18 Å². The number of benzene rings is 3. The van der Waals surface area contributed by atoms with Crippen LogP contribution in [-0.4, -0.2) is 53.8 Å². The van der Waals surface area contributed by atoms with Crippen LogP contribution < -0.4 is 9.64 Å². The third-order valence-corrected chi connectivity index (χ3v) is 5.86. The Bertz CT molecular complexity index is 1270. The van der Waals surface area contributed by atoms with Crippen molar-refractivity contribution in [2.75, 3.05) is 37.7 Å². The molecule has 1 aliphatic rings. The van der Waals surface area contributed by atoms with E-state index in [1.807, 2.05) is 30.3 Å². The lowest BCUT2D eigenvalue weighted by Gasteiger charge is -2.35. The van der Waals surface area contributed by atoms with Gasteiger partial charge in [-0.3, -0.25) is 4.79 Å². The zero-order valence-corrected chi connectivity index (χ0v) is 18.0. The first-order chi connectivity index (χ1) is 16.2. The molecule has 1 aromatic heterocycles. The minimum Gasteiger partial charge on any atom is -0.481 e. The second kappa shape index (κ2) is 9.24. The predicted molar refractivity (Wildman–Crippen MR) is 126 cm³/mol. The summed E-state index contributed by atoms with van der Waals surface area (Å²) >= 11 is 0. The van der Waals surface area contributed by atoms with Gasteiger partial charge >= 0.3 is 0 Å². The van der Waals surface area contributed by atoms with Crippen LogP contribution in [0.2, 0.25) is 0 Å². The number of piperazine rings is 1. The number of amides is 1. The van der Waals surface area contributed by atoms with Gasteiger partial charge in [0.2, 0.25) is 0 Å². The molecule has 3 aromatic carbocycles. The van der Waals surface area contributed by atoms with Gasteiger partial charge in [-0.05, 0) is 35.0 Å². The van der Waals surface area contributed by atoms with E-state index >= 15 is 0 Å². The minimum absolute atomic E-state index is 0.0889. The summed E-state index contributed by atoms with van der Waals surface area (Å²) in [6, 6.07) is 24.4. The van der Waals surface area contributed by atoms with Crippen molar-refractivity contribution in [2.45, 2.75) is 0 Å². The van der Waals surface area contributed by atoms with Gasteiger partial charge in [0.15, 0.2) is 24.0 Å². The molecule has 7 heteroatoms. The normalized spacial score (nSPS) is 13.8. The van der Waals surface area contributed by atoms with E-state index in [2.05, 4.69) is 39.4 Å². The maximum Gasteiger partial charge on any atom is 0.260 e. The summed E-state index contributed by atoms with van der Waals surface area (Å²) in [5, 5.41) is 11.2. The summed E-state index contributed by atoms with van der Waals surface area (Å²) in [5.41, 5.74) is 1.88. The van der Waals surface area contributed by atoms with E-state index in [4.69, 9.17) is 4.74 Å². The van der Waals surface area contributed by atoms with E-state index in [-0.39, 0.29) is 18.3 Å². The van der Waals surface area contributed by atoms with Gasteiger partial charge in [0.05, 0.1) is 5.69 Å². The molecule has 0 aliphatic carbocycles. The molecule has 2 heterocycles. The van der Waals surface area contributed by atoms with Crippen LogP contribution in [0.3, 0.4) is 0 Å². The first-order valence-electron chi connectivity index (χ1n) is 10.9. The third kappa shape index (κ3) is 4.48. The number of rotatable bonds is 5. The highest BCUT2D eigenvalue weighted by Gasteiger charge is 2.23. The molecule has 33 heavy (non-hydrogen) atoms.